The molecule has 3 fully saturated rings. The molecule has 4 aliphatic rings. The first kappa shape index (κ1) is 24.7. The van der Waals surface area contributed by atoms with E-state index in [1.165, 1.54) is 32.1 Å². The number of rotatable bonds is 7. The standard InChI is InChI=1S/C29H50O3/c1-7-29(31)17-16-27(4)20(18-29)8-9-21-22-10-11-24(28(22,5)15-14-23(21)27)26(32-6)13-12-25(30)19(2)3/h8,19,21-26,30-31H,7,9-18H2,1-6H3/t21-,22-,23?,24+,25-,26+,27-,28-,29-/m0/s1. The highest BCUT2D eigenvalue weighted by atomic mass is 16.5. The summed E-state index contributed by atoms with van der Waals surface area (Å²) in [6, 6.07) is 0. The van der Waals surface area contributed by atoms with Crippen LogP contribution in [0.5, 0.6) is 0 Å². The Hall–Kier alpha value is -0.380. The van der Waals surface area contributed by atoms with E-state index in [2.05, 4.69) is 40.7 Å². The average molecular weight is 447 g/mol. The van der Waals surface area contributed by atoms with E-state index in [-0.39, 0.29) is 12.2 Å². The molecule has 2 N–H and O–H groups in total. The van der Waals surface area contributed by atoms with E-state index in [0.29, 0.717) is 22.7 Å². The molecule has 9 atom stereocenters. The monoisotopic (exact) mass is 446 g/mol. The minimum absolute atomic E-state index is 0.219. The van der Waals surface area contributed by atoms with E-state index >= 15 is 0 Å². The Morgan fingerprint density at radius 2 is 1.81 bits per heavy atom. The van der Waals surface area contributed by atoms with Gasteiger partial charge in [0.15, 0.2) is 0 Å². The van der Waals surface area contributed by atoms with Crippen LogP contribution in [0, 0.1) is 40.4 Å². The van der Waals surface area contributed by atoms with Crippen LogP contribution in [0.4, 0.5) is 0 Å². The summed E-state index contributed by atoms with van der Waals surface area (Å²) in [7, 11) is 1.89. The zero-order chi connectivity index (χ0) is 23.3. The van der Waals surface area contributed by atoms with Crippen molar-refractivity contribution in [2.45, 2.75) is 123 Å². The Bertz CT molecular complexity index is 701. The van der Waals surface area contributed by atoms with Gasteiger partial charge in [0, 0.05) is 7.11 Å². The molecule has 4 aliphatic carbocycles. The van der Waals surface area contributed by atoms with Crippen molar-refractivity contribution in [2.24, 2.45) is 40.4 Å². The highest BCUT2D eigenvalue weighted by molar-refractivity contribution is 5.27. The second-order valence-electron chi connectivity index (χ2n) is 12.9. The van der Waals surface area contributed by atoms with Gasteiger partial charge in [-0.25, -0.2) is 0 Å². The number of aliphatic hydroxyl groups is 2. The van der Waals surface area contributed by atoms with E-state index in [9.17, 15) is 10.2 Å². The summed E-state index contributed by atoms with van der Waals surface area (Å²) in [5.41, 5.74) is 1.77. The molecule has 0 radical (unpaired) electrons. The van der Waals surface area contributed by atoms with Crippen molar-refractivity contribution in [1.29, 1.82) is 0 Å². The minimum Gasteiger partial charge on any atom is -0.393 e. The number of allylic oxidation sites excluding steroid dienone is 1. The zero-order valence-electron chi connectivity index (χ0n) is 21.7. The minimum atomic E-state index is -0.466. The highest BCUT2D eigenvalue weighted by Crippen LogP contribution is 2.67. The second-order valence-corrected chi connectivity index (χ2v) is 12.9. The van der Waals surface area contributed by atoms with Crippen LogP contribution in [0.25, 0.3) is 0 Å². The summed E-state index contributed by atoms with van der Waals surface area (Å²) in [5, 5.41) is 21.4. The van der Waals surface area contributed by atoms with Gasteiger partial charge in [-0.1, -0.05) is 46.3 Å². The molecule has 184 valence electrons. The first-order valence-electron chi connectivity index (χ1n) is 13.7. The van der Waals surface area contributed by atoms with Crippen molar-refractivity contribution in [2.75, 3.05) is 7.11 Å². The fraction of sp³-hybridized carbons (Fsp3) is 0.931. The predicted octanol–water partition coefficient (Wildman–Crippen LogP) is 6.52. The molecule has 3 nitrogen and oxygen atoms in total. The van der Waals surface area contributed by atoms with Gasteiger partial charge in [0.1, 0.15) is 0 Å². The molecule has 0 aliphatic heterocycles. The molecule has 1 unspecified atom stereocenters. The second kappa shape index (κ2) is 9.00. The van der Waals surface area contributed by atoms with Crippen LogP contribution in [0.3, 0.4) is 0 Å². The molecule has 0 heterocycles. The first-order valence-corrected chi connectivity index (χ1v) is 13.7. The molecule has 0 bridgehead atoms. The summed E-state index contributed by atoms with van der Waals surface area (Å²) in [6.45, 7) is 11.5. The number of ether oxygens (including phenoxy) is 1. The van der Waals surface area contributed by atoms with Crippen molar-refractivity contribution >= 4 is 0 Å². The summed E-state index contributed by atoms with van der Waals surface area (Å²) in [5.74, 6) is 3.30. The first-order chi connectivity index (χ1) is 15.1. The molecule has 0 amide bonds. The topological polar surface area (TPSA) is 49.7 Å². The van der Waals surface area contributed by atoms with Gasteiger partial charge in [-0.15, -0.1) is 0 Å². The summed E-state index contributed by atoms with van der Waals surface area (Å²) < 4.78 is 6.10. The molecule has 3 heteroatoms. The Labute approximate surface area is 197 Å². The molecule has 0 saturated heterocycles. The van der Waals surface area contributed by atoms with E-state index in [0.717, 1.165) is 56.3 Å². The lowest BCUT2D eigenvalue weighted by molar-refractivity contribution is -0.0906. The largest absolute Gasteiger partial charge is 0.393 e. The van der Waals surface area contributed by atoms with Crippen LogP contribution in [0.15, 0.2) is 11.6 Å². The van der Waals surface area contributed by atoms with Crippen LogP contribution in [-0.2, 0) is 4.74 Å². The Balaban J connectivity index is 1.51. The molecule has 32 heavy (non-hydrogen) atoms. The van der Waals surface area contributed by atoms with Crippen molar-refractivity contribution in [3.63, 3.8) is 0 Å². The molecule has 0 spiro atoms. The maximum absolute atomic E-state index is 11.0. The fourth-order valence-corrected chi connectivity index (χ4v) is 8.82. The fourth-order valence-electron chi connectivity index (χ4n) is 8.82. The normalized spacial score (nSPS) is 45.6. The number of aliphatic hydroxyl groups excluding tert-OH is 1. The Kier molecular flexibility index (Phi) is 6.96. The van der Waals surface area contributed by atoms with Crippen LogP contribution >= 0.6 is 0 Å². The van der Waals surface area contributed by atoms with Crippen molar-refractivity contribution in [3.8, 4) is 0 Å². The molecule has 3 saturated carbocycles. The van der Waals surface area contributed by atoms with E-state index in [4.69, 9.17) is 4.74 Å². The van der Waals surface area contributed by atoms with Crippen LogP contribution in [-0.4, -0.2) is 35.1 Å². The molecular formula is C29H50O3. The van der Waals surface area contributed by atoms with Gasteiger partial charge >= 0.3 is 0 Å². The van der Waals surface area contributed by atoms with Gasteiger partial charge in [-0.05, 0) is 111 Å². The highest BCUT2D eigenvalue weighted by Gasteiger charge is 2.60. The molecule has 0 aromatic carbocycles. The van der Waals surface area contributed by atoms with Gasteiger partial charge in [-0.2, -0.15) is 0 Å². The number of hydrogen-bond donors (Lipinski definition) is 2. The van der Waals surface area contributed by atoms with Crippen molar-refractivity contribution in [3.05, 3.63) is 11.6 Å². The van der Waals surface area contributed by atoms with Crippen LogP contribution in [0.2, 0.25) is 0 Å². The SMILES string of the molecule is CC[C@]1(O)CC[C@@]2(C)C(=CC[C@@H]3C2CC[C@]2(C)[C@@H]([C@@H](CC[C@H](O)C(C)C)OC)CC[C@@H]32)C1. The van der Waals surface area contributed by atoms with Crippen molar-refractivity contribution in [1.82, 2.24) is 0 Å². The Morgan fingerprint density at radius 1 is 1.06 bits per heavy atom. The lowest BCUT2D eigenvalue weighted by Crippen LogP contribution is -2.52. The number of fused-ring (bicyclic) bond motifs is 5. The number of methoxy groups -OCH3 is 1. The smallest absolute Gasteiger partial charge is 0.0682 e. The molecule has 4 rings (SSSR count). The molecular weight excluding hydrogens is 396 g/mol. The van der Waals surface area contributed by atoms with Gasteiger partial charge < -0.3 is 14.9 Å². The lowest BCUT2D eigenvalue weighted by Gasteiger charge is -2.59. The third kappa shape index (κ3) is 4.03. The van der Waals surface area contributed by atoms with Crippen molar-refractivity contribution < 1.29 is 14.9 Å². The van der Waals surface area contributed by atoms with Crippen LogP contribution in [0.1, 0.15) is 105 Å². The van der Waals surface area contributed by atoms with Crippen LogP contribution < -0.4 is 0 Å². The number of hydrogen-bond acceptors (Lipinski definition) is 3. The van der Waals surface area contributed by atoms with E-state index < -0.39 is 5.60 Å². The van der Waals surface area contributed by atoms with Gasteiger partial charge in [0.05, 0.1) is 17.8 Å². The molecule has 0 aromatic heterocycles. The Morgan fingerprint density at radius 3 is 2.47 bits per heavy atom. The van der Waals surface area contributed by atoms with E-state index in [1.54, 1.807) is 5.57 Å². The third-order valence-electron chi connectivity index (χ3n) is 11.3. The summed E-state index contributed by atoms with van der Waals surface area (Å²) >= 11 is 0. The maximum Gasteiger partial charge on any atom is 0.0682 e. The summed E-state index contributed by atoms with van der Waals surface area (Å²) in [6.07, 6.45) is 14.8. The quantitative estimate of drug-likeness (QED) is 0.438. The predicted molar refractivity (Wildman–Crippen MR) is 131 cm³/mol. The zero-order valence-corrected chi connectivity index (χ0v) is 21.7. The van der Waals surface area contributed by atoms with Gasteiger partial charge in [0.25, 0.3) is 0 Å². The lowest BCUT2D eigenvalue weighted by atomic mass is 9.46. The van der Waals surface area contributed by atoms with E-state index in [1.807, 2.05) is 7.11 Å². The third-order valence-corrected chi connectivity index (χ3v) is 11.3. The average Bonchev–Trinajstić information content (AvgIpc) is 3.12. The summed E-state index contributed by atoms with van der Waals surface area (Å²) in [4.78, 5) is 0. The van der Waals surface area contributed by atoms with Gasteiger partial charge in [-0.3, -0.25) is 0 Å². The van der Waals surface area contributed by atoms with Gasteiger partial charge in [0.2, 0.25) is 0 Å². The maximum atomic E-state index is 11.0. The molecule has 0 aromatic rings.